The molecule has 0 aromatic rings. The van der Waals surface area contributed by atoms with Crippen LogP contribution in [0.2, 0.25) is 0 Å². The van der Waals surface area contributed by atoms with E-state index < -0.39 is 0 Å². The van der Waals surface area contributed by atoms with E-state index in [0.29, 0.717) is 6.04 Å². The first-order valence-corrected chi connectivity index (χ1v) is 10.7. The van der Waals surface area contributed by atoms with Gasteiger partial charge in [0.25, 0.3) is 0 Å². The third-order valence-electron chi connectivity index (χ3n) is 6.39. The van der Waals surface area contributed by atoms with Crippen molar-refractivity contribution in [3.63, 3.8) is 0 Å². The average Bonchev–Trinajstić information content (AvgIpc) is 2.95. The Morgan fingerprint density at radius 2 is 1.70 bits per heavy atom. The molecule has 0 unspecified atom stereocenters. The number of hydrogen-bond donors (Lipinski definition) is 0. The summed E-state index contributed by atoms with van der Waals surface area (Å²) in [6, 6.07) is 0.628. The second-order valence-corrected chi connectivity index (χ2v) is 9.03. The van der Waals surface area contributed by atoms with Crippen LogP contribution in [-0.2, 0) is 4.74 Å². The number of ether oxygens (including phenoxy) is 1. The minimum atomic E-state index is -0.241. The summed E-state index contributed by atoms with van der Waals surface area (Å²) < 4.78 is 5.88. The van der Waals surface area contributed by atoms with Gasteiger partial charge in [0, 0.05) is 77.8 Å². The monoisotopic (exact) mass is 378 g/mol. The van der Waals surface area contributed by atoms with Gasteiger partial charge in [-0.1, -0.05) is 11.6 Å². The lowest BCUT2D eigenvalue weighted by molar-refractivity contribution is 0.00331. The zero-order chi connectivity index (χ0) is 19.4. The highest BCUT2D eigenvalue weighted by Gasteiger charge is 2.46. The summed E-state index contributed by atoms with van der Waals surface area (Å²) >= 11 is 0. The van der Waals surface area contributed by atoms with Crippen molar-refractivity contribution in [2.75, 3.05) is 65.4 Å². The Kier molecular flexibility index (Phi) is 6.82. The topological polar surface area (TPSA) is 39.3 Å². The molecule has 3 fully saturated rings. The van der Waals surface area contributed by atoms with Crippen molar-refractivity contribution in [1.29, 1.82) is 0 Å². The molecule has 1 spiro atoms. The van der Waals surface area contributed by atoms with Crippen LogP contribution in [0.5, 0.6) is 0 Å². The Bertz CT molecular complexity index is 528. The molecule has 27 heavy (non-hydrogen) atoms. The second-order valence-electron chi connectivity index (χ2n) is 9.03. The molecular weight excluding hydrogens is 340 g/mol. The van der Waals surface area contributed by atoms with Gasteiger partial charge in [0.15, 0.2) is 0 Å². The molecule has 3 heterocycles. The van der Waals surface area contributed by atoms with Gasteiger partial charge in [-0.3, -0.25) is 14.7 Å². The zero-order valence-electron chi connectivity index (χ0n) is 17.7. The van der Waals surface area contributed by atoms with Crippen LogP contribution in [0.15, 0.2) is 11.6 Å². The van der Waals surface area contributed by atoms with Crippen molar-refractivity contribution in [2.24, 2.45) is 0 Å². The predicted octanol–water partition coefficient (Wildman–Crippen LogP) is 2.27. The summed E-state index contributed by atoms with van der Waals surface area (Å²) in [4.78, 5) is 21.8. The number of piperazine rings is 1. The summed E-state index contributed by atoms with van der Waals surface area (Å²) in [5.74, 6) is 0. The highest BCUT2D eigenvalue weighted by Crippen LogP contribution is 2.33. The maximum Gasteiger partial charge on any atom is 0.410 e. The number of piperidine rings is 1. The van der Waals surface area contributed by atoms with Gasteiger partial charge in [-0.2, -0.15) is 0 Å². The number of amides is 1. The standard InChI is InChI=1S/C21H38N4O2/c1-18(2)5-8-22-9-6-21(7-10-22)17-25(20(26)27-21)16-13-23-11-14-24(15-12-23)19(3)4/h5,19H,6-17H2,1-4H3. The van der Waals surface area contributed by atoms with E-state index in [1.165, 1.54) is 5.57 Å². The Morgan fingerprint density at radius 1 is 1.04 bits per heavy atom. The number of nitrogens with zero attached hydrogens (tertiary/aromatic N) is 4. The molecule has 3 aliphatic rings. The van der Waals surface area contributed by atoms with Gasteiger partial charge in [-0.15, -0.1) is 0 Å². The van der Waals surface area contributed by atoms with E-state index in [4.69, 9.17) is 4.74 Å². The largest absolute Gasteiger partial charge is 0.441 e. The van der Waals surface area contributed by atoms with Gasteiger partial charge in [0.05, 0.1) is 6.54 Å². The van der Waals surface area contributed by atoms with E-state index in [9.17, 15) is 4.79 Å². The Labute approximate surface area is 165 Å². The summed E-state index contributed by atoms with van der Waals surface area (Å²) in [6.45, 7) is 18.9. The Hall–Kier alpha value is -1.11. The summed E-state index contributed by atoms with van der Waals surface area (Å²) in [6.07, 6.45) is 4.09. The van der Waals surface area contributed by atoms with Gasteiger partial charge < -0.3 is 9.64 Å². The number of carbonyl (C=O) groups excluding carboxylic acids is 1. The third kappa shape index (κ3) is 5.46. The van der Waals surface area contributed by atoms with Crippen LogP contribution in [0.1, 0.15) is 40.5 Å². The molecule has 3 rings (SSSR count). The van der Waals surface area contributed by atoms with E-state index in [1.807, 2.05) is 4.90 Å². The third-order valence-corrected chi connectivity index (χ3v) is 6.39. The summed E-state index contributed by atoms with van der Waals surface area (Å²) in [5, 5.41) is 0. The number of likely N-dealkylation sites (tertiary alicyclic amines) is 1. The molecular formula is C21H38N4O2. The van der Waals surface area contributed by atoms with Gasteiger partial charge in [-0.25, -0.2) is 4.79 Å². The van der Waals surface area contributed by atoms with Crippen LogP contribution in [0.3, 0.4) is 0 Å². The Morgan fingerprint density at radius 3 is 2.30 bits per heavy atom. The van der Waals surface area contributed by atoms with Gasteiger partial charge in [0.1, 0.15) is 5.60 Å². The molecule has 0 aliphatic carbocycles. The molecule has 6 nitrogen and oxygen atoms in total. The highest BCUT2D eigenvalue weighted by atomic mass is 16.6. The van der Waals surface area contributed by atoms with Crippen molar-refractivity contribution >= 4 is 6.09 Å². The van der Waals surface area contributed by atoms with Crippen molar-refractivity contribution in [3.05, 3.63) is 11.6 Å². The molecule has 3 aliphatic heterocycles. The lowest BCUT2D eigenvalue weighted by atomic mass is 9.91. The number of carbonyl (C=O) groups is 1. The molecule has 154 valence electrons. The van der Waals surface area contributed by atoms with Gasteiger partial charge in [0.2, 0.25) is 0 Å². The average molecular weight is 379 g/mol. The first-order valence-electron chi connectivity index (χ1n) is 10.7. The lowest BCUT2D eigenvalue weighted by Gasteiger charge is -2.38. The second kappa shape index (κ2) is 8.93. The van der Waals surface area contributed by atoms with Crippen LogP contribution in [0, 0.1) is 0 Å². The minimum absolute atomic E-state index is 0.103. The highest BCUT2D eigenvalue weighted by molar-refractivity contribution is 5.70. The van der Waals surface area contributed by atoms with Crippen LogP contribution in [0.4, 0.5) is 4.79 Å². The molecule has 0 saturated carbocycles. The fourth-order valence-corrected chi connectivity index (χ4v) is 4.35. The number of allylic oxidation sites excluding steroid dienone is 1. The number of hydrogen-bond acceptors (Lipinski definition) is 5. The van der Waals surface area contributed by atoms with Gasteiger partial charge in [-0.05, 0) is 27.7 Å². The van der Waals surface area contributed by atoms with Crippen LogP contribution >= 0.6 is 0 Å². The fraction of sp³-hybridized carbons (Fsp3) is 0.857. The van der Waals surface area contributed by atoms with Crippen LogP contribution in [0.25, 0.3) is 0 Å². The van der Waals surface area contributed by atoms with Crippen molar-refractivity contribution in [3.8, 4) is 0 Å². The normalized spacial score (nSPS) is 24.6. The van der Waals surface area contributed by atoms with E-state index in [0.717, 1.165) is 78.3 Å². The lowest BCUT2D eigenvalue weighted by Crippen LogP contribution is -2.50. The molecule has 0 N–H and O–H groups in total. The van der Waals surface area contributed by atoms with Crippen molar-refractivity contribution < 1.29 is 9.53 Å². The fourth-order valence-electron chi connectivity index (χ4n) is 4.35. The molecule has 0 aromatic carbocycles. The smallest absolute Gasteiger partial charge is 0.410 e. The Balaban J connectivity index is 1.41. The first kappa shape index (κ1) is 20.6. The van der Waals surface area contributed by atoms with Crippen LogP contribution < -0.4 is 0 Å². The molecule has 6 heteroatoms. The van der Waals surface area contributed by atoms with E-state index in [-0.39, 0.29) is 11.7 Å². The summed E-state index contributed by atoms with van der Waals surface area (Å²) in [7, 11) is 0. The molecule has 1 amide bonds. The first-order chi connectivity index (χ1) is 12.9. The quantitative estimate of drug-likeness (QED) is 0.663. The predicted molar refractivity (Wildman–Crippen MR) is 109 cm³/mol. The van der Waals surface area contributed by atoms with Gasteiger partial charge >= 0.3 is 6.09 Å². The molecule has 0 bridgehead atoms. The zero-order valence-corrected chi connectivity index (χ0v) is 17.7. The number of rotatable bonds is 6. The van der Waals surface area contributed by atoms with E-state index in [2.05, 4.69) is 48.5 Å². The molecule has 0 aromatic heterocycles. The van der Waals surface area contributed by atoms with E-state index in [1.54, 1.807) is 0 Å². The summed E-state index contributed by atoms with van der Waals surface area (Å²) in [5.41, 5.74) is 1.12. The minimum Gasteiger partial charge on any atom is -0.441 e. The van der Waals surface area contributed by atoms with Crippen molar-refractivity contribution in [2.45, 2.75) is 52.2 Å². The SMILES string of the molecule is CC(C)=CCN1CCC2(CC1)CN(CCN1CCN(C(C)C)CC1)C(=O)O2. The van der Waals surface area contributed by atoms with E-state index >= 15 is 0 Å². The van der Waals surface area contributed by atoms with Crippen LogP contribution in [-0.4, -0.2) is 103 Å². The molecule has 3 saturated heterocycles. The maximum absolute atomic E-state index is 12.4. The van der Waals surface area contributed by atoms with Crippen molar-refractivity contribution in [1.82, 2.24) is 19.6 Å². The molecule has 0 atom stereocenters. The molecule has 0 radical (unpaired) electrons. The maximum atomic E-state index is 12.4.